The van der Waals surface area contributed by atoms with Gasteiger partial charge in [0, 0.05) is 31.7 Å². The van der Waals surface area contributed by atoms with Gasteiger partial charge in [-0.15, -0.1) is 11.3 Å². The van der Waals surface area contributed by atoms with Gasteiger partial charge in [0.15, 0.2) is 5.69 Å². The van der Waals surface area contributed by atoms with E-state index in [1.54, 1.807) is 4.68 Å². The number of halogens is 3. The van der Waals surface area contributed by atoms with Crippen LogP contribution in [0.25, 0.3) is 10.2 Å². The maximum absolute atomic E-state index is 13.0. The second kappa shape index (κ2) is 6.75. The number of thiophene rings is 1. The number of carbonyl (C=O) groups excluding carboxylic acids is 1. The van der Waals surface area contributed by atoms with Crippen LogP contribution in [0.4, 0.5) is 13.2 Å². The number of nitrogens with zero attached hydrogens (tertiary/aromatic N) is 4. The molecule has 26 heavy (non-hydrogen) atoms. The highest BCUT2D eigenvalue weighted by Crippen LogP contribution is 2.37. The minimum Gasteiger partial charge on any atom is -0.351 e. The predicted molar refractivity (Wildman–Crippen MR) is 92.1 cm³/mol. The van der Waals surface area contributed by atoms with Crippen LogP contribution in [0.5, 0.6) is 0 Å². The van der Waals surface area contributed by atoms with Crippen LogP contribution < -0.4 is 5.32 Å². The standard InChI is InChI=1S/C16H18F3N5OS/c1-9(8-24-5-4-10(2)21-24)7-20-14(25)12-6-11-13(16(17,18)19)22-23(3)15(11)26-12/h4-6,9H,7-8H2,1-3H3,(H,20,25)/t9-/m0/s1. The zero-order valence-corrected chi connectivity index (χ0v) is 15.3. The molecule has 6 nitrogen and oxygen atoms in total. The fourth-order valence-electron chi connectivity index (χ4n) is 2.66. The fourth-order valence-corrected chi connectivity index (χ4v) is 3.65. The Labute approximate surface area is 151 Å². The number of amides is 1. The third-order valence-electron chi connectivity index (χ3n) is 3.89. The van der Waals surface area contributed by atoms with Crippen LogP contribution in [0.15, 0.2) is 18.3 Å². The summed E-state index contributed by atoms with van der Waals surface area (Å²) in [6, 6.07) is 3.15. The first kappa shape index (κ1) is 18.4. The van der Waals surface area contributed by atoms with Crippen LogP contribution >= 0.6 is 11.3 Å². The third kappa shape index (κ3) is 3.74. The second-order valence-electron chi connectivity index (χ2n) is 6.29. The molecule has 0 aromatic carbocycles. The highest BCUT2D eigenvalue weighted by molar-refractivity contribution is 7.20. The molecule has 0 fully saturated rings. The topological polar surface area (TPSA) is 64.7 Å². The van der Waals surface area contributed by atoms with Gasteiger partial charge in [0.2, 0.25) is 0 Å². The van der Waals surface area contributed by atoms with Crippen molar-refractivity contribution in [3.05, 3.63) is 34.6 Å². The van der Waals surface area contributed by atoms with Gasteiger partial charge in [-0.2, -0.15) is 23.4 Å². The van der Waals surface area contributed by atoms with Gasteiger partial charge in [-0.1, -0.05) is 6.92 Å². The summed E-state index contributed by atoms with van der Waals surface area (Å²) in [5.74, 6) is -0.261. The van der Waals surface area contributed by atoms with E-state index in [0.29, 0.717) is 17.9 Å². The summed E-state index contributed by atoms with van der Waals surface area (Å²) in [6.07, 6.45) is -2.68. The molecule has 3 heterocycles. The fraction of sp³-hybridized carbons (Fsp3) is 0.438. The van der Waals surface area contributed by atoms with Gasteiger partial charge < -0.3 is 5.32 Å². The van der Waals surface area contributed by atoms with Crippen molar-refractivity contribution in [1.82, 2.24) is 24.9 Å². The molecule has 3 rings (SSSR count). The molecule has 1 atom stereocenters. The highest BCUT2D eigenvalue weighted by Gasteiger charge is 2.37. The Morgan fingerprint density at radius 1 is 1.38 bits per heavy atom. The van der Waals surface area contributed by atoms with Crippen LogP contribution in [0.1, 0.15) is 28.0 Å². The summed E-state index contributed by atoms with van der Waals surface area (Å²) in [6.45, 7) is 4.90. The Balaban J connectivity index is 1.68. The van der Waals surface area contributed by atoms with Gasteiger partial charge >= 0.3 is 6.18 Å². The largest absolute Gasteiger partial charge is 0.435 e. The number of alkyl halides is 3. The molecular weight excluding hydrogens is 367 g/mol. The van der Waals surface area contributed by atoms with Crippen molar-refractivity contribution in [1.29, 1.82) is 0 Å². The number of carbonyl (C=O) groups is 1. The molecule has 0 unspecified atom stereocenters. The molecule has 0 bridgehead atoms. The van der Waals surface area contributed by atoms with E-state index < -0.39 is 11.9 Å². The summed E-state index contributed by atoms with van der Waals surface area (Å²) in [4.78, 5) is 12.9. The van der Waals surface area contributed by atoms with Gasteiger partial charge in [-0.3, -0.25) is 14.2 Å². The first-order valence-electron chi connectivity index (χ1n) is 7.97. The Kier molecular flexibility index (Phi) is 4.78. The molecule has 140 valence electrons. The molecular formula is C16H18F3N5OS. The number of hydrogen-bond donors (Lipinski definition) is 1. The Bertz CT molecular complexity index is 940. The van der Waals surface area contributed by atoms with Crippen LogP contribution in [-0.4, -0.2) is 32.0 Å². The van der Waals surface area contributed by atoms with Crippen molar-refractivity contribution in [3.63, 3.8) is 0 Å². The summed E-state index contributed by atoms with van der Waals surface area (Å²) in [5.41, 5.74) is -0.0479. The van der Waals surface area contributed by atoms with Crippen LogP contribution in [0.3, 0.4) is 0 Å². The summed E-state index contributed by atoms with van der Waals surface area (Å²) in [7, 11) is 1.43. The van der Waals surface area contributed by atoms with E-state index in [-0.39, 0.29) is 22.1 Å². The summed E-state index contributed by atoms with van der Waals surface area (Å²) >= 11 is 0.999. The molecule has 1 amide bonds. The zero-order valence-electron chi connectivity index (χ0n) is 14.5. The van der Waals surface area contributed by atoms with Crippen molar-refractivity contribution in [3.8, 4) is 0 Å². The molecule has 0 radical (unpaired) electrons. The molecule has 0 aliphatic carbocycles. The van der Waals surface area contributed by atoms with Crippen molar-refractivity contribution >= 4 is 27.5 Å². The quantitative estimate of drug-likeness (QED) is 0.733. The molecule has 10 heteroatoms. The molecule has 0 saturated carbocycles. The lowest BCUT2D eigenvalue weighted by molar-refractivity contribution is -0.140. The molecule has 0 saturated heterocycles. The maximum atomic E-state index is 13.0. The van der Waals surface area contributed by atoms with Gasteiger partial charge in [0.1, 0.15) is 4.83 Å². The number of aromatic nitrogens is 4. The van der Waals surface area contributed by atoms with E-state index in [9.17, 15) is 18.0 Å². The van der Waals surface area contributed by atoms with Gasteiger partial charge in [-0.25, -0.2) is 0 Å². The highest BCUT2D eigenvalue weighted by atomic mass is 32.1. The lowest BCUT2D eigenvalue weighted by Crippen LogP contribution is -2.29. The molecule has 0 aliphatic heterocycles. The summed E-state index contributed by atoms with van der Waals surface area (Å²) in [5, 5.41) is 10.5. The predicted octanol–water partition coefficient (Wildman–Crippen LogP) is 3.22. The van der Waals surface area contributed by atoms with Crippen LogP contribution in [-0.2, 0) is 19.8 Å². The molecule has 0 aliphatic rings. The molecule has 3 aromatic heterocycles. The zero-order chi connectivity index (χ0) is 19.1. The monoisotopic (exact) mass is 385 g/mol. The minimum atomic E-state index is -4.55. The molecule has 3 aromatic rings. The van der Waals surface area contributed by atoms with E-state index in [2.05, 4.69) is 15.5 Å². The van der Waals surface area contributed by atoms with E-state index >= 15 is 0 Å². The number of nitrogens with one attached hydrogen (secondary N) is 1. The number of fused-ring (bicyclic) bond motifs is 1. The first-order valence-corrected chi connectivity index (χ1v) is 8.79. The second-order valence-corrected chi connectivity index (χ2v) is 7.32. The summed E-state index contributed by atoms with van der Waals surface area (Å²) < 4.78 is 42.0. The lowest BCUT2D eigenvalue weighted by Gasteiger charge is -2.12. The van der Waals surface area contributed by atoms with E-state index in [4.69, 9.17) is 0 Å². The van der Waals surface area contributed by atoms with Crippen molar-refractivity contribution in [2.24, 2.45) is 13.0 Å². The van der Waals surface area contributed by atoms with E-state index in [0.717, 1.165) is 21.7 Å². The van der Waals surface area contributed by atoms with E-state index in [1.165, 1.54) is 13.1 Å². The van der Waals surface area contributed by atoms with Crippen molar-refractivity contribution < 1.29 is 18.0 Å². The van der Waals surface area contributed by atoms with Crippen LogP contribution in [0, 0.1) is 12.8 Å². The minimum absolute atomic E-state index is 0.0461. The van der Waals surface area contributed by atoms with Crippen LogP contribution in [0.2, 0.25) is 0 Å². The molecule has 0 spiro atoms. The third-order valence-corrected chi connectivity index (χ3v) is 5.09. The number of aryl methyl sites for hydroxylation is 2. The lowest BCUT2D eigenvalue weighted by atomic mass is 10.2. The van der Waals surface area contributed by atoms with Gasteiger partial charge in [0.05, 0.1) is 10.6 Å². The van der Waals surface area contributed by atoms with Gasteiger partial charge in [-0.05, 0) is 25.0 Å². The average Bonchev–Trinajstić information content (AvgIpc) is 3.21. The van der Waals surface area contributed by atoms with Gasteiger partial charge in [0.25, 0.3) is 5.91 Å². The average molecular weight is 385 g/mol. The smallest absolute Gasteiger partial charge is 0.351 e. The maximum Gasteiger partial charge on any atom is 0.435 e. The van der Waals surface area contributed by atoms with Crippen molar-refractivity contribution in [2.45, 2.75) is 26.6 Å². The number of rotatable bonds is 5. The normalized spacial score (nSPS) is 13.3. The first-order chi connectivity index (χ1) is 12.1. The Hall–Kier alpha value is -2.36. The Morgan fingerprint density at radius 2 is 2.12 bits per heavy atom. The molecule has 1 N–H and O–H groups in total. The Morgan fingerprint density at radius 3 is 2.73 bits per heavy atom. The van der Waals surface area contributed by atoms with Crippen molar-refractivity contribution in [2.75, 3.05) is 6.54 Å². The SMILES string of the molecule is Cc1ccn(C[C@@H](C)CNC(=O)c2cc3c(C(F)(F)F)nn(C)c3s2)n1. The number of hydrogen-bond acceptors (Lipinski definition) is 4. The van der Waals surface area contributed by atoms with E-state index in [1.807, 2.05) is 26.1 Å².